The molecule has 152 valence electrons. The number of fused-ring (bicyclic) bond motifs is 1. The fourth-order valence-electron chi connectivity index (χ4n) is 3.23. The Kier molecular flexibility index (Phi) is 5.42. The highest BCUT2D eigenvalue weighted by Gasteiger charge is 2.17. The zero-order valence-electron chi connectivity index (χ0n) is 16.4. The van der Waals surface area contributed by atoms with E-state index in [4.69, 9.17) is 9.15 Å². The minimum Gasteiger partial charge on any atom is -0.489 e. The summed E-state index contributed by atoms with van der Waals surface area (Å²) in [6.45, 7) is 2.20. The van der Waals surface area contributed by atoms with E-state index in [1.54, 1.807) is 42.5 Å². The van der Waals surface area contributed by atoms with Gasteiger partial charge in [0.1, 0.15) is 17.9 Å². The predicted octanol–water partition coefficient (Wildman–Crippen LogP) is 4.77. The summed E-state index contributed by atoms with van der Waals surface area (Å²) >= 11 is 0. The molecule has 0 fully saturated rings. The molecule has 0 saturated carbocycles. The molecular formula is C24H20O5S. The van der Waals surface area contributed by atoms with Crippen molar-refractivity contribution < 1.29 is 17.6 Å². The van der Waals surface area contributed by atoms with E-state index in [0.717, 1.165) is 17.4 Å². The maximum absolute atomic E-state index is 12.7. The highest BCUT2D eigenvalue weighted by atomic mass is 32.2. The van der Waals surface area contributed by atoms with Gasteiger partial charge in [-0.05, 0) is 54.4 Å². The number of rotatable bonds is 6. The van der Waals surface area contributed by atoms with Crippen LogP contribution in [0.4, 0.5) is 0 Å². The molecule has 1 aromatic heterocycles. The van der Waals surface area contributed by atoms with Crippen molar-refractivity contribution in [2.24, 2.45) is 0 Å². The van der Waals surface area contributed by atoms with Crippen LogP contribution in [-0.4, -0.2) is 8.42 Å². The lowest BCUT2D eigenvalue weighted by Crippen LogP contribution is -2.05. The fourth-order valence-corrected chi connectivity index (χ4v) is 4.51. The van der Waals surface area contributed by atoms with Crippen LogP contribution in [0.25, 0.3) is 11.0 Å². The molecule has 4 aromatic rings. The molecule has 6 heteroatoms. The van der Waals surface area contributed by atoms with Crippen molar-refractivity contribution in [3.8, 4) is 5.75 Å². The quantitative estimate of drug-likeness (QED) is 0.420. The zero-order valence-corrected chi connectivity index (χ0v) is 17.2. The monoisotopic (exact) mass is 420 g/mol. The van der Waals surface area contributed by atoms with Gasteiger partial charge in [-0.25, -0.2) is 13.2 Å². The maximum atomic E-state index is 12.7. The van der Waals surface area contributed by atoms with E-state index in [2.05, 4.69) is 0 Å². The lowest BCUT2D eigenvalue weighted by Gasteiger charge is -2.10. The first-order valence-electron chi connectivity index (χ1n) is 9.56. The van der Waals surface area contributed by atoms with Crippen LogP contribution in [0.1, 0.15) is 18.1 Å². The largest absolute Gasteiger partial charge is 0.489 e. The molecule has 0 spiro atoms. The summed E-state index contributed by atoms with van der Waals surface area (Å²) in [6.07, 6.45) is 0.846. The highest BCUT2D eigenvalue weighted by molar-refractivity contribution is 7.91. The van der Waals surface area contributed by atoms with E-state index >= 15 is 0 Å². The number of sulfone groups is 1. The number of hydrogen-bond acceptors (Lipinski definition) is 5. The number of benzene rings is 3. The standard InChI is InChI=1S/C24H20O5S/c1-2-17-8-13-22-18(15-24(25)29-23(22)14-17)16-28-19-9-11-21(12-10-19)30(26,27)20-6-4-3-5-7-20/h3-15H,2,16H2,1H3. The Hall–Kier alpha value is -3.38. The molecule has 1 heterocycles. The van der Waals surface area contributed by atoms with Gasteiger partial charge in [-0.2, -0.15) is 0 Å². The molecule has 30 heavy (non-hydrogen) atoms. The highest BCUT2D eigenvalue weighted by Crippen LogP contribution is 2.24. The van der Waals surface area contributed by atoms with Crippen LogP contribution in [0.2, 0.25) is 0 Å². The Bertz CT molecular complexity index is 1340. The van der Waals surface area contributed by atoms with E-state index in [-0.39, 0.29) is 16.4 Å². The molecule has 3 aromatic carbocycles. The topological polar surface area (TPSA) is 73.6 Å². The second kappa shape index (κ2) is 8.16. The first-order chi connectivity index (χ1) is 14.5. The van der Waals surface area contributed by atoms with E-state index in [0.29, 0.717) is 16.9 Å². The molecule has 0 aliphatic rings. The molecule has 0 atom stereocenters. The smallest absolute Gasteiger partial charge is 0.336 e. The third kappa shape index (κ3) is 4.00. The zero-order chi connectivity index (χ0) is 21.1. The van der Waals surface area contributed by atoms with Crippen molar-refractivity contribution in [1.82, 2.24) is 0 Å². The van der Waals surface area contributed by atoms with Gasteiger partial charge in [0.05, 0.1) is 9.79 Å². The molecule has 0 saturated heterocycles. The molecular weight excluding hydrogens is 400 g/mol. The minimum atomic E-state index is -3.57. The van der Waals surface area contributed by atoms with Crippen molar-refractivity contribution in [1.29, 1.82) is 0 Å². The van der Waals surface area contributed by atoms with Crippen LogP contribution in [0.5, 0.6) is 5.75 Å². The number of ether oxygens (including phenoxy) is 1. The van der Waals surface area contributed by atoms with Crippen molar-refractivity contribution in [2.45, 2.75) is 29.7 Å². The number of hydrogen-bond donors (Lipinski definition) is 0. The third-order valence-electron chi connectivity index (χ3n) is 4.88. The van der Waals surface area contributed by atoms with Gasteiger partial charge >= 0.3 is 5.63 Å². The number of aryl methyl sites for hydroxylation is 1. The second-order valence-electron chi connectivity index (χ2n) is 6.85. The van der Waals surface area contributed by atoms with Crippen LogP contribution >= 0.6 is 0 Å². The van der Waals surface area contributed by atoms with Crippen molar-refractivity contribution in [2.75, 3.05) is 0 Å². The normalized spacial score (nSPS) is 11.5. The van der Waals surface area contributed by atoms with Gasteiger partial charge in [-0.15, -0.1) is 0 Å². The average molecular weight is 420 g/mol. The molecule has 0 aliphatic heterocycles. The van der Waals surface area contributed by atoms with Crippen LogP contribution in [0.3, 0.4) is 0 Å². The molecule has 0 amide bonds. The van der Waals surface area contributed by atoms with Gasteiger partial charge in [0, 0.05) is 17.0 Å². The van der Waals surface area contributed by atoms with Gasteiger partial charge < -0.3 is 9.15 Å². The summed E-state index contributed by atoms with van der Waals surface area (Å²) in [5, 5.41) is 0.815. The van der Waals surface area contributed by atoms with Crippen LogP contribution in [-0.2, 0) is 22.9 Å². The van der Waals surface area contributed by atoms with E-state index < -0.39 is 15.5 Å². The molecule has 5 nitrogen and oxygen atoms in total. The molecule has 0 N–H and O–H groups in total. The van der Waals surface area contributed by atoms with E-state index in [1.165, 1.54) is 18.2 Å². The summed E-state index contributed by atoms with van der Waals surface area (Å²) in [4.78, 5) is 12.4. The first-order valence-corrected chi connectivity index (χ1v) is 11.0. The third-order valence-corrected chi connectivity index (χ3v) is 6.67. The van der Waals surface area contributed by atoms with E-state index in [1.807, 2.05) is 25.1 Å². The van der Waals surface area contributed by atoms with Gasteiger partial charge in [0.2, 0.25) is 9.84 Å². The Morgan fingerprint density at radius 2 is 1.57 bits per heavy atom. The van der Waals surface area contributed by atoms with Crippen LogP contribution in [0.15, 0.2) is 97.9 Å². The molecule has 0 radical (unpaired) electrons. The van der Waals surface area contributed by atoms with Crippen LogP contribution in [0, 0.1) is 0 Å². The average Bonchev–Trinajstić information content (AvgIpc) is 2.77. The summed E-state index contributed by atoms with van der Waals surface area (Å²) in [5.74, 6) is 0.508. The lowest BCUT2D eigenvalue weighted by atomic mass is 10.1. The Labute approximate surface area is 174 Å². The van der Waals surface area contributed by atoms with Crippen LogP contribution < -0.4 is 10.4 Å². The summed E-state index contributed by atoms with van der Waals surface area (Å²) in [7, 11) is -3.57. The summed E-state index contributed by atoms with van der Waals surface area (Å²) in [6, 6.07) is 21.7. The van der Waals surface area contributed by atoms with E-state index in [9.17, 15) is 13.2 Å². The van der Waals surface area contributed by atoms with Gasteiger partial charge in [-0.1, -0.05) is 37.3 Å². The fraction of sp³-hybridized carbons (Fsp3) is 0.125. The lowest BCUT2D eigenvalue weighted by molar-refractivity contribution is 0.306. The first kappa shape index (κ1) is 19.9. The molecule has 4 rings (SSSR count). The summed E-state index contributed by atoms with van der Waals surface area (Å²) < 4.78 is 36.5. The maximum Gasteiger partial charge on any atom is 0.336 e. The molecule has 0 aliphatic carbocycles. The summed E-state index contributed by atoms with van der Waals surface area (Å²) in [5.41, 5.74) is 1.90. The van der Waals surface area contributed by atoms with Crippen molar-refractivity contribution in [3.63, 3.8) is 0 Å². The SMILES string of the molecule is CCc1ccc2c(COc3ccc(S(=O)(=O)c4ccccc4)cc3)cc(=O)oc2c1. The van der Waals surface area contributed by atoms with Gasteiger partial charge in [0.25, 0.3) is 0 Å². The van der Waals surface area contributed by atoms with Gasteiger partial charge in [-0.3, -0.25) is 0 Å². The Morgan fingerprint density at radius 1 is 0.867 bits per heavy atom. The second-order valence-corrected chi connectivity index (χ2v) is 8.80. The minimum absolute atomic E-state index is 0.165. The van der Waals surface area contributed by atoms with Crippen molar-refractivity contribution >= 4 is 20.8 Å². The predicted molar refractivity (Wildman–Crippen MR) is 115 cm³/mol. The van der Waals surface area contributed by atoms with Crippen molar-refractivity contribution in [3.05, 3.63) is 100 Å². The Balaban J connectivity index is 1.56. The molecule has 0 bridgehead atoms. The Morgan fingerprint density at radius 3 is 2.27 bits per heavy atom. The van der Waals surface area contributed by atoms with Gasteiger partial charge in [0.15, 0.2) is 0 Å². The molecule has 0 unspecified atom stereocenters.